The summed E-state index contributed by atoms with van der Waals surface area (Å²) < 4.78 is 9.15. The molecule has 6 aromatic carbocycles. The van der Waals surface area contributed by atoms with Gasteiger partial charge in [-0.1, -0.05) is 132 Å². The highest BCUT2D eigenvalue weighted by molar-refractivity contribution is 6.09. The van der Waals surface area contributed by atoms with Crippen molar-refractivity contribution in [1.82, 2.24) is 14.5 Å². The predicted molar refractivity (Wildman–Crippen MR) is 310 cm³/mol. The van der Waals surface area contributed by atoms with Crippen molar-refractivity contribution in [1.29, 1.82) is 0 Å². The molecule has 0 fully saturated rings. The summed E-state index contributed by atoms with van der Waals surface area (Å²) in [6.07, 6.45) is 5.89. The van der Waals surface area contributed by atoms with Crippen molar-refractivity contribution in [3.8, 4) is 39.6 Å². The molecule has 73 heavy (non-hydrogen) atoms. The average molecular weight is 964 g/mol. The predicted octanol–water partition coefficient (Wildman–Crippen LogP) is 18.4. The minimum atomic E-state index is -0.116. The molecule has 372 valence electrons. The number of rotatable bonds is 7. The number of anilines is 4. The first-order valence-electron chi connectivity index (χ1n) is 26.1. The molecule has 0 atom stereocenters. The van der Waals surface area contributed by atoms with Gasteiger partial charge in [0.2, 0.25) is 0 Å². The van der Waals surface area contributed by atoms with Gasteiger partial charge in [-0.05, 0) is 166 Å². The fourth-order valence-electron chi connectivity index (χ4n) is 11.0. The van der Waals surface area contributed by atoms with Crippen molar-refractivity contribution >= 4 is 44.6 Å². The summed E-state index contributed by atoms with van der Waals surface area (Å²) in [7, 11) is 0. The van der Waals surface area contributed by atoms with E-state index in [2.05, 4.69) is 246 Å². The number of nitrogens with zero attached hydrogens (tertiary/aromatic N) is 5. The highest BCUT2D eigenvalue weighted by atomic mass is 16.5. The third-order valence-electron chi connectivity index (χ3n) is 15.1. The van der Waals surface area contributed by atoms with E-state index in [-0.39, 0.29) is 21.7 Å². The standard InChI is InChI=1S/C67H73N5O/c1-41-30-46(65(8,9)10)31-42(2)61(41)54-34-48(67(14,15)16)35-55(62-43(3)32-47(33-44(62)4)66(11,12)13)63(54)71-40-70(57-27-28-68-39-59(57)71)49-20-19-21-50(37-49)73-51-24-25-53-52-22-17-18-23-56(52)72(58(53)38-51)60-36-45(26-29-69-60)64(5,6)7/h17-39H,40H2,1-16H3. The molecule has 0 radical (unpaired) electrons. The Balaban J connectivity index is 1.12. The lowest BCUT2D eigenvalue weighted by Crippen LogP contribution is -2.25. The zero-order valence-corrected chi connectivity index (χ0v) is 46.1. The molecule has 0 saturated carbocycles. The van der Waals surface area contributed by atoms with Gasteiger partial charge in [-0.15, -0.1) is 0 Å². The van der Waals surface area contributed by atoms with Crippen molar-refractivity contribution in [2.45, 2.75) is 132 Å². The Hall–Kier alpha value is -7.18. The summed E-state index contributed by atoms with van der Waals surface area (Å²) in [6, 6.07) is 44.7. The summed E-state index contributed by atoms with van der Waals surface area (Å²) in [5, 5.41) is 2.34. The Morgan fingerprint density at radius 3 is 1.59 bits per heavy atom. The van der Waals surface area contributed by atoms with Crippen molar-refractivity contribution in [3.63, 3.8) is 0 Å². The summed E-state index contributed by atoms with van der Waals surface area (Å²) in [5.74, 6) is 2.41. The second-order valence-corrected chi connectivity index (χ2v) is 24.8. The van der Waals surface area contributed by atoms with Crippen LogP contribution in [0.3, 0.4) is 0 Å². The zero-order chi connectivity index (χ0) is 52.1. The first-order chi connectivity index (χ1) is 34.4. The topological polar surface area (TPSA) is 46.4 Å². The highest BCUT2D eigenvalue weighted by Crippen LogP contribution is 2.53. The van der Waals surface area contributed by atoms with Gasteiger partial charge in [-0.2, -0.15) is 0 Å². The lowest BCUT2D eigenvalue weighted by atomic mass is 9.77. The van der Waals surface area contributed by atoms with Gasteiger partial charge < -0.3 is 14.5 Å². The maximum absolute atomic E-state index is 6.88. The van der Waals surface area contributed by atoms with Gasteiger partial charge in [-0.25, -0.2) is 4.98 Å². The maximum atomic E-state index is 6.88. The van der Waals surface area contributed by atoms with Gasteiger partial charge >= 0.3 is 0 Å². The minimum Gasteiger partial charge on any atom is -0.457 e. The van der Waals surface area contributed by atoms with E-state index in [0.29, 0.717) is 6.67 Å². The summed E-state index contributed by atoms with van der Waals surface area (Å²) in [4.78, 5) is 14.7. The minimum absolute atomic E-state index is 0.0134. The van der Waals surface area contributed by atoms with Gasteiger partial charge in [0.15, 0.2) is 0 Å². The molecule has 0 unspecified atom stereocenters. The van der Waals surface area contributed by atoms with E-state index in [1.807, 2.05) is 18.6 Å². The van der Waals surface area contributed by atoms with Gasteiger partial charge in [0, 0.05) is 52.1 Å². The molecule has 0 bridgehead atoms. The van der Waals surface area contributed by atoms with Crippen LogP contribution in [-0.4, -0.2) is 21.2 Å². The molecule has 1 aliphatic heterocycles. The SMILES string of the molecule is Cc1cc(C(C)(C)C)cc(C)c1-c1cc(C(C)(C)C)cc(-c2c(C)cc(C(C)(C)C)cc2C)c1N1CN(c2cccc(Oc3ccc4c5ccccc5n(-c5cc(C(C)(C)C)ccn5)c4c3)c2)c2ccncc21. The van der Waals surface area contributed by atoms with Crippen LogP contribution in [0.4, 0.5) is 22.7 Å². The van der Waals surface area contributed by atoms with Crippen LogP contribution in [0.1, 0.15) is 128 Å². The van der Waals surface area contributed by atoms with Gasteiger partial charge in [0.25, 0.3) is 0 Å². The van der Waals surface area contributed by atoms with E-state index in [1.165, 1.54) is 77.8 Å². The molecule has 0 N–H and O–H groups in total. The van der Waals surface area contributed by atoms with Crippen molar-refractivity contribution in [3.05, 3.63) is 184 Å². The number of aryl methyl sites for hydroxylation is 4. The van der Waals surface area contributed by atoms with Gasteiger partial charge in [0.05, 0.1) is 34.3 Å². The number of hydrogen-bond acceptors (Lipinski definition) is 5. The molecule has 4 heterocycles. The first-order valence-corrected chi connectivity index (χ1v) is 26.1. The molecule has 9 aromatic rings. The average Bonchev–Trinajstić information content (AvgIpc) is 3.86. The van der Waals surface area contributed by atoms with E-state index < -0.39 is 0 Å². The molecule has 6 heteroatoms. The van der Waals surface area contributed by atoms with Crippen molar-refractivity contribution in [2.24, 2.45) is 0 Å². The van der Waals surface area contributed by atoms with Gasteiger partial charge in [0.1, 0.15) is 24.0 Å². The molecule has 1 aliphatic rings. The molecule has 0 aliphatic carbocycles. The first kappa shape index (κ1) is 49.4. The van der Waals surface area contributed by atoms with Crippen LogP contribution < -0.4 is 14.5 Å². The Bertz CT molecular complexity index is 3480. The third-order valence-corrected chi connectivity index (χ3v) is 15.1. The molecule has 6 nitrogen and oxygen atoms in total. The fourth-order valence-corrected chi connectivity index (χ4v) is 11.0. The Morgan fingerprint density at radius 2 is 1.00 bits per heavy atom. The number of para-hydroxylation sites is 1. The lowest BCUT2D eigenvalue weighted by molar-refractivity contribution is 0.483. The Labute approximate surface area is 434 Å². The molecule has 0 spiro atoms. The smallest absolute Gasteiger partial charge is 0.137 e. The van der Waals surface area contributed by atoms with Crippen molar-refractivity contribution in [2.75, 3.05) is 16.5 Å². The Morgan fingerprint density at radius 1 is 0.452 bits per heavy atom. The van der Waals surface area contributed by atoms with Crippen LogP contribution in [-0.2, 0) is 21.7 Å². The third kappa shape index (κ3) is 9.08. The summed E-state index contributed by atoms with van der Waals surface area (Å²) in [5.41, 5.74) is 21.8. The maximum Gasteiger partial charge on any atom is 0.137 e. The monoisotopic (exact) mass is 964 g/mol. The van der Waals surface area contributed by atoms with Crippen molar-refractivity contribution < 1.29 is 4.74 Å². The quantitative estimate of drug-likeness (QED) is 0.159. The van der Waals surface area contributed by atoms with Crippen LogP contribution in [0, 0.1) is 27.7 Å². The summed E-state index contributed by atoms with van der Waals surface area (Å²) in [6.45, 7) is 37.4. The van der Waals surface area contributed by atoms with E-state index in [9.17, 15) is 0 Å². The second-order valence-electron chi connectivity index (χ2n) is 24.8. The lowest BCUT2D eigenvalue weighted by Gasteiger charge is -2.32. The zero-order valence-electron chi connectivity index (χ0n) is 46.1. The van der Waals surface area contributed by atoms with Gasteiger partial charge in [-0.3, -0.25) is 9.55 Å². The van der Waals surface area contributed by atoms with Crippen LogP contribution in [0.25, 0.3) is 49.9 Å². The summed E-state index contributed by atoms with van der Waals surface area (Å²) >= 11 is 0. The normalized spacial score (nSPS) is 13.4. The van der Waals surface area contributed by atoms with E-state index >= 15 is 0 Å². The van der Waals surface area contributed by atoms with Crippen LogP contribution in [0.2, 0.25) is 0 Å². The number of ether oxygens (including phenoxy) is 1. The number of pyridine rings is 2. The van der Waals surface area contributed by atoms with E-state index in [4.69, 9.17) is 14.7 Å². The molecular formula is C67H73N5O. The molecule has 3 aromatic heterocycles. The van der Waals surface area contributed by atoms with Crippen LogP contribution >= 0.6 is 0 Å². The largest absolute Gasteiger partial charge is 0.457 e. The number of aromatic nitrogens is 3. The fraction of sp³-hybridized carbons (Fsp3) is 0.313. The molecule has 10 rings (SSSR count). The number of hydrogen-bond donors (Lipinski definition) is 0. The second kappa shape index (κ2) is 17.8. The van der Waals surface area contributed by atoms with E-state index in [0.717, 1.165) is 50.8 Å². The molecular weight excluding hydrogens is 891 g/mol. The van der Waals surface area contributed by atoms with Crippen LogP contribution in [0.5, 0.6) is 11.5 Å². The molecule has 0 saturated heterocycles. The molecule has 0 amide bonds. The van der Waals surface area contributed by atoms with Crippen LogP contribution in [0.15, 0.2) is 140 Å². The number of fused-ring (bicyclic) bond motifs is 4. The van der Waals surface area contributed by atoms with E-state index in [1.54, 1.807) is 0 Å². The highest BCUT2D eigenvalue weighted by Gasteiger charge is 2.35. The number of benzene rings is 6. The Kier molecular flexibility index (Phi) is 12.0.